The highest BCUT2D eigenvalue weighted by Crippen LogP contribution is 2.54. The fourth-order valence-corrected chi connectivity index (χ4v) is 2.91. The van der Waals surface area contributed by atoms with Gasteiger partial charge in [0.25, 0.3) is 0 Å². The van der Waals surface area contributed by atoms with Crippen LogP contribution in [0.25, 0.3) is 0 Å². The van der Waals surface area contributed by atoms with E-state index in [-0.39, 0.29) is 5.92 Å². The monoisotopic (exact) mass is 241 g/mol. The Morgan fingerprint density at radius 3 is 2.06 bits per heavy atom. The molecule has 0 radical (unpaired) electrons. The second-order valence-electron chi connectivity index (χ2n) is 5.24. The quantitative estimate of drug-likeness (QED) is 0.671. The van der Waals surface area contributed by atoms with Gasteiger partial charge < -0.3 is 14.4 Å². The molecule has 1 amide bonds. The van der Waals surface area contributed by atoms with Gasteiger partial charge in [-0.2, -0.15) is 0 Å². The van der Waals surface area contributed by atoms with Gasteiger partial charge in [-0.1, -0.05) is 0 Å². The third kappa shape index (κ3) is 3.19. The second-order valence-corrected chi connectivity index (χ2v) is 5.24. The summed E-state index contributed by atoms with van der Waals surface area (Å²) in [7, 11) is 3.34. The normalized spacial score (nSPS) is 30.1. The summed E-state index contributed by atoms with van der Waals surface area (Å²) in [6.45, 7) is 2.58. The van der Waals surface area contributed by atoms with E-state index in [1.54, 1.807) is 14.2 Å². The maximum Gasteiger partial charge on any atom is 0.225 e. The Bertz CT molecular complexity index is 251. The molecule has 4 heteroatoms. The predicted octanol–water partition coefficient (Wildman–Crippen LogP) is 1.15. The van der Waals surface area contributed by atoms with Gasteiger partial charge in [-0.25, -0.2) is 0 Å². The molecule has 0 spiro atoms. The Balaban J connectivity index is 1.82. The molecule has 4 nitrogen and oxygen atoms in total. The molecule has 0 N–H and O–H groups in total. The first-order valence-corrected chi connectivity index (χ1v) is 6.53. The van der Waals surface area contributed by atoms with E-state index in [1.807, 2.05) is 4.90 Å². The van der Waals surface area contributed by atoms with Crippen LogP contribution >= 0.6 is 0 Å². The van der Waals surface area contributed by atoms with Crippen molar-refractivity contribution in [1.29, 1.82) is 0 Å². The lowest BCUT2D eigenvalue weighted by Gasteiger charge is -2.25. The third-order valence-electron chi connectivity index (χ3n) is 4.04. The highest BCUT2D eigenvalue weighted by Gasteiger charge is 2.48. The van der Waals surface area contributed by atoms with E-state index >= 15 is 0 Å². The lowest BCUT2D eigenvalue weighted by Crippen LogP contribution is -2.40. The molecular formula is C13H23NO3. The van der Waals surface area contributed by atoms with Gasteiger partial charge in [0.1, 0.15) is 0 Å². The van der Waals surface area contributed by atoms with Gasteiger partial charge in [-0.15, -0.1) is 0 Å². The number of hydrogen-bond donors (Lipinski definition) is 0. The maximum absolute atomic E-state index is 12.3. The molecule has 0 heterocycles. The predicted molar refractivity (Wildman–Crippen MR) is 64.7 cm³/mol. The van der Waals surface area contributed by atoms with Crippen LogP contribution in [0.3, 0.4) is 0 Å². The zero-order valence-electron chi connectivity index (χ0n) is 10.9. The van der Waals surface area contributed by atoms with E-state index in [4.69, 9.17) is 9.47 Å². The minimum Gasteiger partial charge on any atom is -0.383 e. The average molecular weight is 241 g/mol. The van der Waals surface area contributed by atoms with E-state index in [1.165, 1.54) is 6.42 Å². The summed E-state index contributed by atoms with van der Waals surface area (Å²) in [4.78, 5) is 14.2. The molecule has 0 aromatic rings. The van der Waals surface area contributed by atoms with Crippen LogP contribution < -0.4 is 0 Å². The van der Waals surface area contributed by atoms with Gasteiger partial charge in [0.15, 0.2) is 0 Å². The van der Waals surface area contributed by atoms with E-state index in [9.17, 15) is 4.79 Å². The summed E-state index contributed by atoms with van der Waals surface area (Å²) in [6, 6.07) is 0. The van der Waals surface area contributed by atoms with Gasteiger partial charge in [0, 0.05) is 33.2 Å². The van der Waals surface area contributed by atoms with Crippen molar-refractivity contribution in [1.82, 2.24) is 4.90 Å². The Morgan fingerprint density at radius 1 is 1.06 bits per heavy atom. The number of fused-ring (bicyclic) bond motifs is 1. The maximum atomic E-state index is 12.3. The zero-order chi connectivity index (χ0) is 12.3. The standard InChI is InChI=1S/C13H23NO3/c1-16-5-3-14(4-6-17-2)13(15)12-8-10-7-11(10)9-12/h10-12H,3-9H2,1-2H3. The number of methoxy groups -OCH3 is 2. The summed E-state index contributed by atoms with van der Waals surface area (Å²) >= 11 is 0. The molecule has 2 atom stereocenters. The third-order valence-corrected chi connectivity index (χ3v) is 4.04. The lowest BCUT2D eigenvalue weighted by molar-refractivity contribution is -0.137. The van der Waals surface area contributed by atoms with Crippen molar-refractivity contribution < 1.29 is 14.3 Å². The molecule has 0 aromatic heterocycles. The molecule has 2 aliphatic carbocycles. The summed E-state index contributed by atoms with van der Waals surface area (Å²) < 4.78 is 10.1. The van der Waals surface area contributed by atoms with Crippen molar-refractivity contribution >= 4 is 5.91 Å². The molecule has 0 bridgehead atoms. The fraction of sp³-hybridized carbons (Fsp3) is 0.923. The van der Waals surface area contributed by atoms with Crippen LogP contribution in [0.5, 0.6) is 0 Å². The smallest absolute Gasteiger partial charge is 0.225 e. The molecule has 0 aliphatic heterocycles. The average Bonchev–Trinajstić information content (AvgIpc) is 2.96. The molecule has 0 saturated heterocycles. The van der Waals surface area contributed by atoms with Gasteiger partial charge >= 0.3 is 0 Å². The van der Waals surface area contributed by atoms with Crippen LogP contribution in [0.15, 0.2) is 0 Å². The van der Waals surface area contributed by atoms with Gasteiger partial charge in [-0.05, 0) is 31.1 Å². The number of carbonyl (C=O) groups is 1. The Morgan fingerprint density at radius 2 is 1.59 bits per heavy atom. The van der Waals surface area contributed by atoms with Crippen LogP contribution in [0.2, 0.25) is 0 Å². The number of ether oxygens (including phenoxy) is 2. The molecule has 2 rings (SSSR count). The lowest BCUT2D eigenvalue weighted by atomic mass is 10.0. The van der Waals surface area contributed by atoms with Crippen LogP contribution in [0, 0.1) is 17.8 Å². The first-order chi connectivity index (χ1) is 8.26. The molecule has 2 fully saturated rings. The number of rotatable bonds is 7. The molecule has 17 heavy (non-hydrogen) atoms. The highest BCUT2D eigenvalue weighted by atomic mass is 16.5. The molecule has 98 valence electrons. The number of amides is 1. The van der Waals surface area contributed by atoms with Crippen molar-refractivity contribution in [3.05, 3.63) is 0 Å². The van der Waals surface area contributed by atoms with Crippen molar-refractivity contribution in [3.8, 4) is 0 Å². The zero-order valence-corrected chi connectivity index (χ0v) is 10.9. The highest BCUT2D eigenvalue weighted by molar-refractivity contribution is 5.79. The minimum absolute atomic E-state index is 0.271. The van der Waals surface area contributed by atoms with Gasteiger partial charge in [0.05, 0.1) is 13.2 Å². The summed E-state index contributed by atoms with van der Waals surface area (Å²) in [6.07, 6.45) is 3.58. The largest absolute Gasteiger partial charge is 0.383 e. The van der Waals surface area contributed by atoms with E-state index in [0.717, 1.165) is 24.7 Å². The first kappa shape index (κ1) is 12.8. The van der Waals surface area contributed by atoms with Gasteiger partial charge in [-0.3, -0.25) is 4.79 Å². The molecule has 0 aromatic carbocycles. The van der Waals surface area contributed by atoms with Crippen LogP contribution in [-0.4, -0.2) is 51.3 Å². The van der Waals surface area contributed by atoms with E-state index < -0.39 is 0 Å². The molecule has 2 saturated carbocycles. The molecular weight excluding hydrogens is 218 g/mol. The first-order valence-electron chi connectivity index (χ1n) is 6.53. The van der Waals surface area contributed by atoms with Crippen molar-refractivity contribution in [2.75, 3.05) is 40.5 Å². The van der Waals surface area contributed by atoms with Crippen LogP contribution in [0.4, 0.5) is 0 Å². The number of hydrogen-bond acceptors (Lipinski definition) is 3. The summed E-state index contributed by atoms with van der Waals surface area (Å²) in [5.41, 5.74) is 0. The van der Waals surface area contributed by atoms with E-state index in [0.29, 0.717) is 32.2 Å². The number of carbonyl (C=O) groups excluding carboxylic acids is 1. The van der Waals surface area contributed by atoms with Crippen molar-refractivity contribution in [3.63, 3.8) is 0 Å². The topological polar surface area (TPSA) is 38.8 Å². The molecule has 2 unspecified atom stereocenters. The molecule has 2 aliphatic rings. The second kappa shape index (κ2) is 5.83. The van der Waals surface area contributed by atoms with Crippen LogP contribution in [0.1, 0.15) is 19.3 Å². The Hall–Kier alpha value is -0.610. The summed E-state index contributed by atoms with van der Waals surface area (Å²) in [5, 5.41) is 0. The number of nitrogens with zero attached hydrogens (tertiary/aromatic N) is 1. The van der Waals surface area contributed by atoms with Crippen molar-refractivity contribution in [2.45, 2.75) is 19.3 Å². The SMILES string of the molecule is COCCN(CCOC)C(=O)C1CC2CC2C1. The van der Waals surface area contributed by atoms with Crippen molar-refractivity contribution in [2.24, 2.45) is 17.8 Å². The summed E-state index contributed by atoms with van der Waals surface area (Å²) in [5.74, 6) is 2.30. The Kier molecular flexibility index (Phi) is 4.40. The fourth-order valence-electron chi connectivity index (χ4n) is 2.91. The van der Waals surface area contributed by atoms with E-state index in [2.05, 4.69) is 0 Å². The minimum atomic E-state index is 0.271. The Labute approximate surface area is 103 Å². The van der Waals surface area contributed by atoms with Crippen LogP contribution in [-0.2, 0) is 14.3 Å². The van der Waals surface area contributed by atoms with Gasteiger partial charge in [0.2, 0.25) is 5.91 Å².